The molecule has 1 amide bonds. The van der Waals surface area contributed by atoms with Crippen LogP contribution in [0.4, 0.5) is 0 Å². The predicted molar refractivity (Wildman–Crippen MR) is 77.6 cm³/mol. The molecule has 1 aliphatic rings. The molecular formula is C16H24N2O. The van der Waals surface area contributed by atoms with E-state index in [1.807, 2.05) is 35.2 Å². The minimum atomic E-state index is -0.0432. The quantitative estimate of drug-likeness (QED) is 0.905. The summed E-state index contributed by atoms with van der Waals surface area (Å²) in [6, 6.07) is 10.7. The molecule has 3 nitrogen and oxygen atoms in total. The fourth-order valence-electron chi connectivity index (χ4n) is 2.96. The molecule has 1 aromatic carbocycles. The van der Waals surface area contributed by atoms with Crippen molar-refractivity contribution in [3.05, 3.63) is 35.9 Å². The Morgan fingerprint density at radius 3 is 2.42 bits per heavy atom. The first-order valence-electron chi connectivity index (χ1n) is 7.21. The molecule has 3 unspecified atom stereocenters. The highest BCUT2D eigenvalue weighted by atomic mass is 16.2. The maximum atomic E-state index is 12.3. The third kappa shape index (κ3) is 3.35. The molecule has 0 aromatic heterocycles. The van der Waals surface area contributed by atoms with E-state index in [2.05, 4.69) is 13.8 Å². The van der Waals surface area contributed by atoms with Gasteiger partial charge in [-0.05, 0) is 38.7 Å². The smallest absolute Gasteiger partial charge is 0.223 e. The molecule has 3 atom stereocenters. The van der Waals surface area contributed by atoms with E-state index >= 15 is 0 Å². The molecule has 0 saturated carbocycles. The summed E-state index contributed by atoms with van der Waals surface area (Å²) >= 11 is 0. The first kappa shape index (κ1) is 14.1. The summed E-state index contributed by atoms with van der Waals surface area (Å²) in [6.45, 7) is 4.27. The molecule has 0 spiro atoms. The summed E-state index contributed by atoms with van der Waals surface area (Å²) < 4.78 is 0. The number of nitrogens with two attached hydrogens (primary N) is 1. The number of likely N-dealkylation sites (tertiary alicyclic amines) is 1. The zero-order chi connectivity index (χ0) is 13.8. The average Bonchev–Trinajstić information content (AvgIpc) is 2.76. The zero-order valence-electron chi connectivity index (χ0n) is 11.9. The largest absolute Gasteiger partial charge is 0.337 e. The standard InChI is InChI=1S/C16H24N2O/c1-12-8-9-13(2)18(12)16(19)11-10-15(17)14-6-4-3-5-7-14/h3-7,12-13,15H,8-11,17H2,1-2H3. The van der Waals surface area contributed by atoms with Gasteiger partial charge in [0.05, 0.1) is 0 Å². The maximum absolute atomic E-state index is 12.3. The Morgan fingerprint density at radius 2 is 1.84 bits per heavy atom. The van der Waals surface area contributed by atoms with E-state index in [-0.39, 0.29) is 11.9 Å². The van der Waals surface area contributed by atoms with Gasteiger partial charge in [-0.2, -0.15) is 0 Å². The number of amides is 1. The number of rotatable bonds is 4. The molecule has 2 N–H and O–H groups in total. The molecule has 1 aromatic rings. The topological polar surface area (TPSA) is 46.3 Å². The fourth-order valence-corrected chi connectivity index (χ4v) is 2.96. The lowest BCUT2D eigenvalue weighted by atomic mass is 10.0. The first-order valence-corrected chi connectivity index (χ1v) is 7.21. The van der Waals surface area contributed by atoms with Gasteiger partial charge in [0, 0.05) is 24.5 Å². The van der Waals surface area contributed by atoms with E-state index in [0.717, 1.165) is 24.8 Å². The van der Waals surface area contributed by atoms with Gasteiger partial charge in [0.1, 0.15) is 0 Å². The highest BCUT2D eigenvalue weighted by Crippen LogP contribution is 2.25. The fraction of sp³-hybridized carbons (Fsp3) is 0.562. The van der Waals surface area contributed by atoms with Crippen molar-refractivity contribution in [1.82, 2.24) is 4.90 Å². The van der Waals surface area contributed by atoms with E-state index in [1.165, 1.54) is 0 Å². The van der Waals surface area contributed by atoms with Gasteiger partial charge in [0.15, 0.2) is 0 Å². The third-order valence-corrected chi connectivity index (χ3v) is 4.14. The monoisotopic (exact) mass is 260 g/mol. The molecule has 1 fully saturated rings. The van der Waals surface area contributed by atoms with Crippen LogP contribution in [-0.4, -0.2) is 22.9 Å². The van der Waals surface area contributed by atoms with Crippen molar-refractivity contribution in [2.75, 3.05) is 0 Å². The molecule has 1 heterocycles. The summed E-state index contributed by atoms with van der Waals surface area (Å²) in [6.07, 6.45) is 3.51. The number of carbonyl (C=O) groups is 1. The van der Waals surface area contributed by atoms with Crippen molar-refractivity contribution in [2.24, 2.45) is 5.73 Å². The van der Waals surface area contributed by atoms with Gasteiger partial charge in [-0.3, -0.25) is 4.79 Å². The predicted octanol–water partition coefficient (Wildman–Crippen LogP) is 2.87. The van der Waals surface area contributed by atoms with E-state index in [4.69, 9.17) is 5.73 Å². The van der Waals surface area contributed by atoms with Crippen molar-refractivity contribution >= 4 is 5.91 Å². The number of nitrogens with zero attached hydrogens (tertiary/aromatic N) is 1. The summed E-state index contributed by atoms with van der Waals surface area (Å²) in [7, 11) is 0. The molecule has 104 valence electrons. The van der Waals surface area contributed by atoms with Gasteiger partial charge in [0.2, 0.25) is 5.91 Å². The van der Waals surface area contributed by atoms with E-state index < -0.39 is 0 Å². The van der Waals surface area contributed by atoms with Gasteiger partial charge >= 0.3 is 0 Å². The van der Waals surface area contributed by atoms with Crippen molar-refractivity contribution in [2.45, 2.75) is 57.7 Å². The second-order valence-electron chi connectivity index (χ2n) is 5.63. The summed E-state index contributed by atoms with van der Waals surface area (Å²) in [4.78, 5) is 14.3. The lowest BCUT2D eigenvalue weighted by molar-refractivity contribution is -0.133. The van der Waals surface area contributed by atoms with Crippen LogP contribution in [0.2, 0.25) is 0 Å². The molecule has 0 radical (unpaired) electrons. The maximum Gasteiger partial charge on any atom is 0.223 e. The summed E-state index contributed by atoms with van der Waals surface area (Å²) in [5, 5.41) is 0. The van der Waals surface area contributed by atoms with Crippen LogP contribution in [0, 0.1) is 0 Å². The van der Waals surface area contributed by atoms with Crippen LogP contribution < -0.4 is 5.73 Å². The van der Waals surface area contributed by atoms with Crippen molar-refractivity contribution in [3.8, 4) is 0 Å². The van der Waals surface area contributed by atoms with Crippen LogP contribution in [0.5, 0.6) is 0 Å². The van der Waals surface area contributed by atoms with Gasteiger partial charge in [-0.1, -0.05) is 30.3 Å². The molecule has 0 bridgehead atoms. The van der Waals surface area contributed by atoms with Crippen LogP contribution in [0.15, 0.2) is 30.3 Å². The molecule has 1 saturated heterocycles. The summed E-state index contributed by atoms with van der Waals surface area (Å²) in [5.74, 6) is 0.254. The Kier molecular flexibility index (Phi) is 4.59. The lowest BCUT2D eigenvalue weighted by Gasteiger charge is -2.27. The van der Waals surface area contributed by atoms with Gasteiger partial charge in [-0.25, -0.2) is 0 Å². The summed E-state index contributed by atoms with van der Waals surface area (Å²) in [5.41, 5.74) is 7.25. The first-order chi connectivity index (χ1) is 9.09. The molecule has 0 aliphatic carbocycles. The minimum absolute atomic E-state index is 0.0432. The second kappa shape index (κ2) is 6.20. The highest BCUT2D eigenvalue weighted by Gasteiger charge is 2.30. The SMILES string of the molecule is CC1CCC(C)N1C(=O)CCC(N)c1ccccc1. The van der Waals surface area contributed by atoms with Gasteiger partial charge < -0.3 is 10.6 Å². The number of benzene rings is 1. The Morgan fingerprint density at radius 1 is 1.26 bits per heavy atom. The van der Waals surface area contributed by atoms with E-state index in [0.29, 0.717) is 18.5 Å². The molecule has 1 aliphatic heterocycles. The minimum Gasteiger partial charge on any atom is -0.337 e. The van der Waals surface area contributed by atoms with E-state index in [1.54, 1.807) is 0 Å². The number of carbonyl (C=O) groups excluding carboxylic acids is 1. The normalized spacial score (nSPS) is 24.5. The van der Waals surface area contributed by atoms with Crippen LogP contribution in [0.1, 0.15) is 51.1 Å². The van der Waals surface area contributed by atoms with Gasteiger partial charge in [0.25, 0.3) is 0 Å². The third-order valence-electron chi connectivity index (χ3n) is 4.14. The van der Waals surface area contributed by atoms with Crippen molar-refractivity contribution < 1.29 is 4.79 Å². The Balaban J connectivity index is 1.87. The highest BCUT2D eigenvalue weighted by molar-refractivity contribution is 5.77. The zero-order valence-corrected chi connectivity index (χ0v) is 11.9. The Bertz CT molecular complexity index is 408. The van der Waals surface area contributed by atoms with Gasteiger partial charge in [-0.15, -0.1) is 0 Å². The van der Waals surface area contributed by atoms with Crippen LogP contribution in [0.3, 0.4) is 0 Å². The number of hydrogen-bond acceptors (Lipinski definition) is 2. The average molecular weight is 260 g/mol. The van der Waals surface area contributed by atoms with Crippen LogP contribution in [-0.2, 0) is 4.79 Å². The van der Waals surface area contributed by atoms with Crippen molar-refractivity contribution in [3.63, 3.8) is 0 Å². The molecule has 19 heavy (non-hydrogen) atoms. The lowest BCUT2D eigenvalue weighted by Crippen LogP contribution is -2.38. The second-order valence-corrected chi connectivity index (χ2v) is 5.63. The Hall–Kier alpha value is -1.35. The number of hydrogen-bond donors (Lipinski definition) is 1. The molecule has 3 heteroatoms. The molecule has 2 rings (SSSR count). The molecular weight excluding hydrogens is 236 g/mol. The van der Waals surface area contributed by atoms with Crippen LogP contribution >= 0.6 is 0 Å². The van der Waals surface area contributed by atoms with Crippen molar-refractivity contribution in [1.29, 1.82) is 0 Å². The van der Waals surface area contributed by atoms with E-state index in [9.17, 15) is 4.79 Å². The van der Waals surface area contributed by atoms with Crippen LogP contribution in [0.25, 0.3) is 0 Å². The Labute approximate surface area is 115 Å².